The Morgan fingerprint density at radius 2 is 1.40 bits per heavy atom. The highest BCUT2D eigenvalue weighted by Crippen LogP contribution is 2.19. The fourth-order valence-corrected chi connectivity index (χ4v) is 2.25. The zero-order valence-corrected chi connectivity index (χ0v) is 11.3. The third kappa shape index (κ3) is 10.2. The maximum atomic E-state index is 9.85. The molecule has 0 aliphatic carbocycles. The van der Waals surface area contributed by atoms with E-state index in [1.807, 2.05) is 0 Å². The quantitative estimate of drug-likeness (QED) is 0.640. The summed E-state index contributed by atoms with van der Waals surface area (Å²) < 4.78 is 0. The van der Waals surface area contributed by atoms with Gasteiger partial charge in [-0.1, -0.05) is 47.5 Å². The topological polar surface area (TPSA) is 20.2 Å². The minimum absolute atomic E-state index is 0.0718. The van der Waals surface area contributed by atoms with Crippen LogP contribution in [0.25, 0.3) is 0 Å². The van der Waals surface area contributed by atoms with Gasteiger partial charge in [0.15, 0.2) is 0 Å². The molecule has 0 rings (SSSR count). The van der Waals surface area contributed by atoms with Gasteiger partial charge < -0.3 is 5.11 Å². The fourth-order valence-electron chi connectivity index (χ4n) is 2.25. The number of aliphatic hydroxyl groups is 1. The lowest BCUT2D eigenvalue weighted by Crippen LogP contribution is -2.13. The van der Waals surface area contributed by atoms with Gasteiger partial charge in [0, 0.05) is 0 Å². The van der Waals surface area contributed by atoms with Crippen LogP contribution in [0.5, 0.6) is 0 Å². The number of rotatable bonds is 8. The summed E-state index contributed by atoms with van der Waals surface area (Å²) in [4.78, 5) is 0. The molecule has 0 radical (unpaired) electrons. The molecule has 0 aromatic rings. The van der Waals surface area contributed by atoms with Crippen LogP contribution in [-0.4, -0.2) is 11.2 Å². The fraction of sp³-hybridized carbons (Fsp3) is 1.00. The Morgan fingerprint density at radius 1 is 0.800 bits per heavy atom. The smallest absolute Gasteiger partial charge is 0.0542 e. The predicted molar refractivity (Wildman–Crippen MR) is 67.9 cm³/mol. The van der Waals surface area contributed by atoms with Gasteiger partial charge in [0.2, 0.25) is 0 Å². The van der Waals surface area contributed by atoms with Crippen LogP contribution in [-0.2, 0) is 0 Å². The first kappa shape index (κ1) is 15.0. The molecule has 1 nitrogen and oxygen atoms in total. The monoisotopic (exact) mass is 214 g/mol. The second-order valence-corrected chi connectivity index (χ2v) is 5.95. The maximum Gasteiger partial charge on any atom is 0.0542 e. The van der Waals surface area contributed by atoms with E-state index in [2.05, 4.69) is 34.6 Å². The highest BCUT2D eigenvalue weighted by Gasteiger charge is 2.11. The van der Waals surface area contributed by atoms with Crippen LogP contribution in [0.4, 0.5) is 0 Å². The molecule has 0 aliphatic heterocycles. The van der Waals surface area contributed by atoms with Crippen LogP contribution < -0.4 is 0 Å². The van der Waals surface area contributed by atoms with Crippen LogP contribution in [0.1, 0.15) is 66.7 Å². The van der Waals surface area contributed by atoms with Crippen molar-refractivity contribution in [3.63, 3.8) is 0 Å². The molecule has 1 heteroatoms. The molecular formula is C14H30O. The molecule has 92 valence electrons. The summed E-state index contributed by atoms with van der Waals surface area (Å²) in [6.07, 6.45) is 5.55. The summed E-state index contributed by atoms with van der Waals surface area (Å²) in [7, 11) is 0. The molecule has 0 heterocycles. The molecule has 0 fully saturated rings. The van der Waals surface area contributed by atoms with E-state index in [0.29, 0.717) is 5.92 Å². The molecule has 0 aromatic carbocycles. The van der Waals surface area contributed by atoms with E-state index in [9.17, 15) is 5.11 Å². The molecule has 15 heavy (non-hydrogen) atoms. The Morgan fingerprint density at radius 3 is 1.87 bits per heavy atom. The predicted octanol–water partition coefficient (Wildman–Crippen LogP) is 4.25. The van der Waals surface area contributed by atoms with Crippen LogP contribution in [0.15, 0.2) is 0 Å². The summed E-state index contributed by atoms with van der Waals surface area (Å²) in [6.45, 7) is 11.2. The SMILES string of the molecule is CC(C)CCCC(O)CC(C)CC(C)C. The first-order chi connectivity index (χ1) is 6.91. The lowest BCUT2D eigenvalue weighted by Gasteiger charge is -2.18. The average Bonchev–Trinajstić information content (AvgIpc) is 2.00. The largest absolute Gasteiger partial charge is 0.393 e. The Hall–Kier alpha value is -0.0400. The number of hydrogen-bond acceptors (Lipinski definition) is 1. The van der Waals surface area contributed by atoms with Gasteiger partial charge in [-0.25, -0.2) is 0 Å². The van der Waals surface area contributed by atoms with Crippen molar-refractivity contribution >= 4 is 0 Å². The molecule has 0 aromatic heterocycles. The second kappa shape index (κ2) is 8.15. The van der Waals surface area contributed by atoms with Gasteiger partial charge in [0.25, 0.3) is 0 Å². The van der Waals surface area contributed by atoms with E-state index in [1.165, 1.54) is 19.3 Å². The lowest BCUT2D eigenvalue weighted by atomic mass is 9.91. The van der Waals surface area contributed by atoms with Crippen molar-refractivity contribution in [1.29, 1.82) is 0 Å². The van der Waals surface area contributed by atoms with Crippen molar-refractivity contribution in [2.75, 3.05) is 0 Å². The Kier molecular flexibility index (Phi) is 8.13. The van der Waals surface area contributed by atoms with Crippen molar-refractivity contribution in [3.05, 3.63) is 0 Å². The van der Waals surface area contributed by atoms with Crippen LogP contribution >= 0.6 is 0 Å². The van der Waals surface area contributed by atoms with Gasteiger partial charge in [-0.05, 0) is 37.0 Å². The van der Waals surface area contributed by atoms with Crippen molar-refractivity contribution in [2.45, 2.75) is 72.8 Å². The first-order valence-corrected chi connectivity index (χ1v) is 6.59. The van der Waals surface area contributed by atoms with Gasteiger partial charge in [-0.2, -0.15) is 0 Å². The highest BCUT2D eigenvalue weighted by atomic mass is 16.3. The molecule has 0 bridgehead atoms. The molecule has 0 spiro atoms. The zero-order chi connectivity index (χ0) is 11.8. The van der Waals surface area contributed by atoms with E-state index in [4.69, 9.17) is 0 Å². The van der Waals surface area contributed by atoms with Gasteiger partial charge in [0.05, 0.1) is 6.10 Å². The van der Waals surface area contributed by atoms with Crippen molar-refractivity contribution in [3.8, 4) is 0 Å². The van der Waals surface area contributed by atoms with Crippen molar-refractivity contribution in [1.82, 2.24) is 0 Å². The van der Waals surface area contributed by atoms with Crippen molar-refractivity contribution < 1.29 is 5.11 Å². The van der Waals surface area contributed by atoms with Crippen molar-refractivity contribution in [2.24, 2.45) is 17.8 Å². The highest BCUT2D eigenvalue weighted by molar-refractivity contribution is 4.64. The number of aliphatic hydroxyl groups excluding tert-OH is 1. The average molecular weight is 214 g/mol. The Labute approximate surface area is 96.3 Å². The molecule has 2 atom stereocenters. The van der Waals surface area contributed by atoms with Crippen LogP contribution in [0, 0.1) is 17.8 Å². The molecule has 1 N–H and O–H groups in total. The maximum absolute atomic E-state index is 9.85. The Bertz CT molecular complexity index is 140. The van der Waals surface area contributed by atoms with Gasteiger partial charge >= 0.3 is 0 Å². The zero-order valence-electron chi connectivity index (χ0n) is 11.3. The Balaban J connectivity index is 3.50. The van der Waals surface area contributed by atoms with E-state index in [-0.39, 0.29) is 6.10 Å². The second-order valence-electron chi connectivity index (χ2n) is 5.95. The van der Waals surface area contributed by atoms with Crippen LogP contribution in [0.3, 0.4) is 0 Å². The summed E-state index contributed by atoms with van der Waals surface area (Å²) in [5.41, 5.74) is 0. The molecule has 0 aliphatic rings. The molecule has 0 saturated heterocycles. The summed E-state index contributed by atoms with van der Waals surface area (Å²) in [6, 6.07) is 0. The standard InChI is InChI=1S/C14H30O/c1-11(2)7-6-8-14(15)10-13(5)9-12(3)4/h11-15H,6-10H2,1-5H3. The summed E-state index contributed by atoms with van der Waals surface area (Å²) >= 11 is 0. The van der Waals surface area contributed by atoms with Gasteiger partial charge in [0.1, 0.15) is 0 Å². The number of hydrogen-bond donors (Lipinski definition) is 1. The third-order valence-electron chi connectivity index (χ3n) is 2.87. The van der Waals surface area contributed by atoms with E-state index >= 15 is 0 Å². The molecular weight excluding hydrogens is 184 g/mol. The normalized spacial score (nSPS) is 16.0. The molecule has 0 saturated carbocycles. The first-order valence-electron chi connectivity index (χ1n) is 6.59. The van der Waals surface area contributed by atoms with E-state index < -0.39 is 0 Å². The minimum atomic E-state index is -0.0718. The van der Waals surface area contributed by atoms with E-state index in [0.717, 1.165) is 24.7 Å². The van der Waals surface area contributed by atoms with Gasteiger partial charge in [-0.15, -0.1) is 0 Å². The summed E-state index contributed by atoms with van der Waals surface area (Å²) in [5, 5.41) is 9.85. The lowest BCUT2D eigenvalue weighted by molar-refractivity contribution is 0.127. The summed E-state index contributed by atoms with van der Waals surface area (Å²) in [5.74, 6) is 2.19. The molecule has 0 amide bonds. The molecule has 2 unspecified atom stereocenters. The van der Waals surface area contributed by atoms with Crippen LogP contribution in [0.2, 0.25) is 0 Å². The van der Waals surface area contributed by atoms with E-state index in [1.54, 1.807) is 0 Å². The van der Waals surface area contributed by atoms with Gasteiger partial charge in [-0.3, -0.25) is 0 Å². The minimum Gasteiger partial charge on any atom is -0.393 e. The third-order valence-corrected chi connectivity index (χ3v) is 2.87.